The highest BCUT2D eigenvalue weighted by Gasteiger charge is 2.15. The standard InChI is InChI=1S/C9H15N3O2/c10-1-2-11-3-5-12(6-4-11)7-8-14-9-13/h9H,2-8H2. The predicted molar refractivity (Wildman–Crippen MR) is 50.5 cm³/mol. The SMILES string of the molecule is N#CCN1CCN(CCOC=O)CC1. The van der Waals surface area contributed by atoms with Crippen LogP contribution >= 0.6 is 0 Å². The molecule has 0 unspecified atom stereocenters. The molecular weight excluding hydrogens is 182 g/mol. The van der Waals surface area contributed by atoms with E-state index in [4.69, 9.17) is 5.26 Å². The molecular formula is C9H15N3O2. The summed E-state index contributed by atoms with van der Waals surface area (Å²) in [7, 11) is 0. The number of ether oxygens (including phenoxy) is 1. The molecule has 0 N–H and O–H groups in total. The molecule has 0 bridgehead atoms. The first kappa shape index (κ1) is 11.0. The minimum atomic E-state index is 0.460. The molecule has 0 radical (unpaired) electrons. The number of hydrogen-bond donors (Lipinski definition) is 0. The second kappa shape index (κ2) is 6.35. The monoisotopic (exact) mass is 197 g/mol. The molecule has 0 atom stereocenters. The number of piperazine rings is 1. The maximum absolute atomic E-state index is 9.90. The second-order valence-electron chi connectivity index (χ2n) is 3.24. The molecule has 0 spiro atoms. The lowest BCUT2D eigenvalue weighted by molar-refractivity contribution is -0.129. The van der Waals surface area contributed by atoms with Crippen molar-refractivity contribution < 1.29 is 9.53 Å². The van der Waals surface area contributed by atoms with Gasteiger partial charge in [0, 0.05) is 32.7 Å². The molecule has 0 saturated carbocycles. The van der Waals surface area contributed by atoms with Gasteiger partial charge in [0.2, 0.25) is 0 Å². The molecule has 0 aromatic heterocycles. The van der Waals surface area contributed by atoms with Gasteiger partial charge in [-0.2, -0.15) is 5.26 Å². The Labute approximate surface area is 83.8 Å². The molecule has 1 saturated heterocycles. The Morgan fingerprint density at radius 2 is 1.93 bits per heavy atom. The van der Waals surface area contributed by atoms with Crippen molar-refractivity contribution in [3.05, 3.63) is 0 Å². The van der Waals surface area contributed by atoms with Crippen LogP contribution in [0.1, 0.15) is 0 Å². The quantitative estimate of drug-likeness (QED) is 0.331. The summed E-state index contributed by atoms with van der Waals surface area (Å²) in [6.45, 7) is 5.99. The van der Waals surface area contributed by atoms with Gasteiger partial charge in [0.1, 0.15) is 6.61 Å². The summed E-state index contributed by atoms with van der Waals surface area (Å²) in [6, 6.07) is 2.14. The minimum Gasteiger partial charge on any atom is -0.467 e. The molecule has 0 aromatic carbocycles. The van der Waals surface area contributed by atoms with Gasteiger partial charge < -0.3 is 4.74 Å². The van der Waals surface area contributed by atoms with Gasteiger partial charge in [-0.1, -0.05) is 0 Å². The van der Waals surface area contributed by atoms with Crippen molar-refractivity contribution in [1.29, 1.82) is 5.26 Å². The van der Waals surface area contributed by atoms with Crippen LogP contribution in [-0.4, -0.2) is 62.1 Å². The fraction of sp³-hybridized carbons (Fsp3) is 0.778. The second-order valence-corrected chi connectivity index (χ2v) is 3.24. The highest BCUT2D eigenvalue weighted by molar-refractivity contribution is 5.36. The van der Waals surface area contributed by atoms with Crippen LogP contribution < -0.4 is 0 Å². The third-order valence-electron chi connectivity index (χ3n) is 2.35. The van der Waals surface area contributed by atoms with Gasteiger partial charge in [-0.3, -0.25) is 14.6 Å². The molecule has 1 heterocycles. The van der Waals surface area contributed by atoms with E-state index in [2.05, 4.69) is 20.6 Å². The molecule has 14 heavy (non-hydrogen) atoms. The summed E-state index contributed by atoms with van der Waals surface area (Å²) >= 11 is 0. The molecule has 0 aromatic rings. The van der Waals surface area contributed by atoms with E-state index in [1.165, 1.54) is 0 Å². The molecule has 1 aliphatic heterocycles. The maximum Gasteiger partial charge on any atom is 0.293 e. The van der Waals surface area contributed by atoms with Crippen molar-refractivity contribution in [3.63, 3.8) is 0 Å². The predicted octanol–water partition coefficient (Wildman–Crippen LogP) is -0.699. The Morgan fingerprint density at radius 3 is 2.50 bits per heavy atom. The van der Waals surface area contributed by atoms with E-state index in [1.807, 2.05) is 0 Å². The number of nitriles is 1. The normalized spacial score (nSPS) is 18.8. The lowest BCUT2D eigenvalue weighted by Crippen LogP contribution is -2.47. The highest BCUT2D eigenvalue weighted by atomic mass is 16.5. The van der Waals surface area contributed by atoms with E-state index in [-0.39, 0.29) is 0 Å². The van der Waals surface area contributed by atoms with Crippen LogP contribution in [0.5, 0.6) is 0 Å². The molecule has 78 valence electrons. The van der Waals surface area contributed by atoms with E-state index in [0.717, 1.165) is 32.7 Å². The molecule has 5 nitrogen and oxygen atoms in total. The summed E-state index contributed by atoms with van der Waals surface area (Å²) < 4.78 is 4.62. The average Bonchev–Trinajstić information content (AvgIpc) is 2.21. The van der Waals surface area contributed by atoms with E-state index in [1.54, 1.807) is 0 Å². The van der Waals surface area contributed by atoms with Gasteiger partial charge in [-0.25, -0.2) is 0 Å². The van der Waals surface area contributed by atoms with E-state index >= 15 is 0 Å². The highest BCUT2D eigenvalue weighted by Crippen LogP contribution is 2.00. The minimum absolute atomic E-state index is 0.460. The maximum atomic E-state index is 9.90. The summed E-state index contributed by atoms with van der Waals surface area (Å²) in [5.41, 5.74) is 0. The molecule has 1 fully saturated rings. The van der Waals surface area contributed by atoms with Crippen molar-refractivity contribution in [2.75, 3.05) is 45.9 Å². The van der Waals surface area contributed by atoms with Crippen LogP contribution in [0.3, 0.4) is 0 Å². The Kier molecular flexibility index (Phi) is 4.97. The summed E-state index contributed by atoms with van der Waals surface area (Å²) in [6.07, 6.45) is 0. The van der Waals surface area contributed by atoms with Gasteiger partial charge in [-0.15, -0.1) is 0 Å². The van der Waals surface area contributed by atoms with E-state index < -0.39 is 0 Å². The number of rotatable bonds is 5. The Balaban J connectivity index is 2.10. The number of nitrogens with zero attached hydrogens (tertiary/aromatic N) is 3. The largest absolute Gasteiger partial charge is 0.467 e. The smallest absolute Gasteiger partial charge is 0.293 e. The number of carbonyl (C=O) groups excluding carboxylic acids is 1. The summed E-state index contributed by atoms with van der Waals surface area (Å²) in [5, 5.41) is 8.49. The topological polar surface area (TPSA) is 56.6 Å². The van der Waals surface area contributed by atoms with Gasteiger partial charge in [0.15, 0.2) is 0 Å². The van der Waals surface area contributed by atoms with Crippen LogP contribution in [0.15, 0.2) is 0 Å². The van der Waals surface area contributed by atoms with Crippen molar-refractivity contribution in [2.24, 2.45) is 0 Å². The van der Waals surface area contributed by atoms with E-state index in [9.17, 15) is 4.79 Å². The van der Waals surface area contributed by atoms with Crippen LogP contribution in [0.2, 0.25) is 0 Å². The number of hydrogen-bond acceptors (Lipinski definition) is 5. The molecule has 1 aliphatic rings. The molecule has 5 heteroatoms. The third-order valence-corrected chi connectivity index (χ3v) is 2.35. The Bertz CT molecular complexity index is 207. The Morgan fingerprint density at radius 1 is 1.29 bits per heavy atom. The van der Waals surface area contributed by atoms with Crippen LogP contribution in [0, 0.1) is 11.3 Å². The first-order valence-corrected chi connectivity index (χ1v) is 4.73. The van der Waals surface area contributed by atoms with Gasteiger partial charge in [0.05, 0.1) is 12.6 Å². The first-order valence-electron chi connectivity index (χ1n) is 4.73. The molecule has 0 aliphatic carbocycles. The summed E-state index contributed by atoms with van der Waals surface area (Å²) in [5.74, 6) is 0. The van der Waals surface area contributed by atoms with Crippen molar-refractivity contribution in [3.8, 4) is 6.07 Å². The van der Waals surface area contributed by atoms with Crippen LogP contribution in [0.25, 0.3) is 0 Å². The zero-order valence-corrected chi connectivity index (χ0v) is 8.19. The lowest BCUT2D eigenvalue weighted by Gasteiger charge is -2.32. The van der Waals surface area contributed by atoms with Gasteiger partial charge in [-0.05, 0) is 0 Å². The molecule has 1 rings (SSSR count). The van der Waals surface area contributed by atoms with Crippen molar-refractivity contribution >= 4 is 6.47 Å². The van der Waals surface area contributed by atoms with E-state index in [0.29, 0.717) is 19.6 Å². The van der Waals surface area contributed by atoms with Crippen molar-refractivity contribution in [1.82, 2.24) is 9.80 Å². The number of carbonyl (C=O) groups is 1. The summed E-state index contributed by atoms with van der Waals surface area (Å²) in [4.78, 5) is 14.3. The van der Waals surface area contributed by atoms with Gasteiger partial charge >= 0.3 is 0 Å². The zero-order chi connectivity index (χ0) is 10.2. The fourth-order valence-corrected chi connectivity index (χ4v) is 1.50. The van der Waals surface area contributed by atoms with Crippen LogP contribution in [0.4, 0.5) is 0 Å². The van der Waals surface area contributed by atoms with Crippen molar-refractivity contribution in [2.45, 2.75) is 0 Å². The Hall–Kier alpha value is -1.12. The average molecular weight is 197 g/mol. The fourth-order valence-electron chi connectivity index (χ4n) is 1.50. The zero-order valence-electron chi connectivity index (χ0n) is 8.19. The third kappa shape index (κ3) is 3.73. The van der Waals surface area contributed by atoms with Gasteiger partial charge in [0.25, 0.3) is 6.47 Å². The molecule has 0 amide bonds. The lowest BCUT2D eigenvalue weighted by atomic mass is 10.3. The van der Waals surface area contributed by atoms with Crippen LogP contribution in [-0.2, 0) is 9.53 Å². The first-order chi connectivity index (χ1) is 6.86.